The molecule has 20 heavy (non-hydrogen) atoms. The molecule has 0 bridgehead atoms. The highest BCUT2D eigenvalue weighted by Crippen LogP contribution is 2.41. The van der Waals surface area contributed by atoms with E-state index in [0.29, 0.717) is 12.1 Å². The minimum atomic E-state index is 0.193. The van der Waals surface area contributed by atoms with E-state index in [9.17, 15) is 0 Å². The Kier molecular flexibility index (Phi) is 6.66. The average molecular weight is 301 g/mol. The average Bonchev–Trinajstić information content (AvgIpc) is 2.47. The molecule has 1 N–H and O–H groups in total. The Morgan fingerprint density at radius 1 is 1.40 bits per heavy atom. The van der Waals surface area contributed by atoms with Gasteiger partial charge in [0.25, 0.3) is 0 Å². The van der Waals surface area contributed by atoms with Crippen LogP contribution >= 0.6 is 11.8 Å². The van der Waals surface area contributed by atoms with Crippen molar-refractivity contribution in [2.45, 2.75) is 63.7 Å². The third kappa shape index (κ3) is 4.36. The van der Waals surface area contributed by atoms with Crippen molar-refractivity contribution in [3.8, 4) is 0 Å². The highest BCUT2D eigenvalue weighted by atomic mass is 32.2. The van der Waals surface area contributed by atoms with Crippen LogP contribution in [0.2, 0.25) is 0 Å². The zero-order valence-corrected chi connectivity index (χ0v) is 14.1. The van der Waals surface area contributed by atoms with Gasteiger partial charge in [-0.2, -0.15) is 11.8 Å². The Morgan fingerprint density at radius 3 is 2.80 bits per heavy atom. The highest BCUT2D eigenvalue weighted by molar-refractivity contribution is 7.99. The van der Waals surface area contributed by atoms with Gasteiger partial charge in [-0.1, -0.05) is 6.92 Å². The fourth-order valence-electron chi connectivity index (χ4n) is 3.66. The zero-order chi connectivity index (χ0) is 14.4. The van der Waals surface area contributed by atoms with Gasteiger partial charge in [0.2, 0.25) is 0 Å². The lowest BCUT2D eigenvalue weighted by Crippen LogP contribution is -2.49. The molecule has 2 heterocycles. The molecule has 3 nitrogen and oxygen atoms in total. The second-order valence-electron chi connectivity index (χ2n) is 6.34. The number of rotatable bonds is 6. The van der Waals surface area contributed by atoms with Crippen LogP contribution in [0.15, 0.2) is 0 Å². The van der Waals surface area contributed by atoms with E-state index in [0.717, 1.165) is 25.5 Å². The molecule has 2 saturated heterocycles. The SMILES string of the molecule is CCNC(CC(C)OC)C1CCOC2(CCSCC2)C1. The summed E-state index contributed by atoms with van der Waals surface area (Å²) in [5.74, 6) is 3.28. The van der Waals surface area contributed by atoms with Crippen molar-refractivity contribution in [2.24, 2.45) is 5.92 Å². The standard InChI is InChI=1S/C16H31NO2S/c1-4-17-15(11-13(2)18-3)14-5-8-19-16(12-14)6-9-20-10-7-16/h13-15,17H,4-12H2,1-3H3. The van der Waals surface area contributed by atoms with E-state index in [1.165, 1.54) is 37.2 Å². The summed E-state index contributed by atoms with van der Waals surface area (Å²) in [7, 11) is 1.82. The van der Waals surface area contributed by atoms with E-state index in [2.05, 4.69) is 30.9 Å². The lowest BCUT2D eigenvalue weighted by Gasteiger charge is -2.45. The Morgan fingerprint density at radius 2 is 2.15 bits per heavy atom. The van der Waals surface area contributed by atoms with E-state index < -0.39 is 0 Å². The van der Waals surface area contributed by atoms with Crippen LogP contribution in [-0.2, 0) is 9.47 Å². The topological polar surface area (TPSA) is 30.5 Å². The number of ether oxygens (including phenoxy) is 2. The molecule has 0 radical (unpaired) electrons. The number of hydrogen-bond acceptors (Lipinski definition) is 4. The number of methoxy groups -OCH3 is 1. The van der Waals surface area contributed by atoms with Gasteiger partial charge in [-0.15, -0.1) is 0 Å². The van der Waals surface area contributed by atoms with Crippen molar-refractivity contribution >= 4 is 11.8 Å². The van der Waals surface area contributed by atoms with Crippen LogP contribution in [0.3, 0.4) is 0 Å². The minimum Gasteiger partial charge on any atom is -0.382 e. The van der Waals surface area contributed by atoms with Gasteiger partial charge in [-0.05, 0) is 63.0 Å². The maximum absolute atomic E-state index is 6.22. The van der Waals surface area contributed by atoms with Gasteiger partial charge in [0, 0.05) is 19.8 Å². The molecule has 0 saturated carbocycles. The first-order valence-electron chi connectivity index (χ1n) is 8.17. The molecule has 0 amide bonds. The second-order valence-corrected chi connectivity index (χ2v) is 7.57. The van der Waals surface area contributed by atoms with E-state index in [4.69, 9.17) is 9.47 Å². The molecule has 0 aromatic heterocycles. The predicted octanol–water partition coefficient (Wildman–Crippen LogP) is 3.08. The lowest BCUT2D eigenvalue weighted by molar-refractivity contribution is -0.109. The molecule has 2 fully saturated rings. The fraction of sp³-hybridized carbons (Fsp3) is 1.00. The molecule has 0 aliphatic carbocycles. The number of nitrogens with one attached hydrogen (secondary N) is 1. The Bertz CT molecular complexity index is 276. The van der Waals surface area contributed by atoms with Gasteiger partial charge in [0.15, 0.2) is 0 Å². The van der Waals surface area contributed by atoms with Crippen LogP contribution < -0.4 is 5.32 Å². The number of hydrogen-bond donors (Lipinski definition) is 1. The van der Waals surface area contributed by atoms with Crippen LogP contribution in [0.4, 0.5) is 0 Å². The molecule has 3 unspecified atom stereocenters. The molecule has 4 heteroatoms. The van der Waals surface area contributed by atoms with Crippen LogP contribution in [0.5, 0.6) is 0 Å². The van der Waals surface area contributed by atoms with Gasteiger partial charge in [0.1, 0.15) is 0 Å². The summed E-state index contributed by atoms with van der Waals surface area (Å²) in [6.45, 7) is 6.37. The van der Waals surface area contributed by atoms with E-state index in [1.807, 2.05) is 7.11 Å². The van der Waals surface area contributed by atoms with Crippen molar-refractivity contribution in [3.05, 3.63) is 0 Å². The Hall–Kier alpha value is 0.230. The summed E-state index contributed by atoms with van der Waals surface area (Å²) in [4.78, 5) is 0. The van der Waals surface area contributed by atoms with Crippen LogP contribution in [0, 0.1) is 5.92 Å². The van der Waals surface area contributed by atoms with E-state index in [-0.39, 0.29) is 5.60 Å². The molecular formula is C16H31NO2S. The summed E-state index contributed by atoms with van der Waals surface area (Å²) in [6.07, 6.45) is 6.37. The first-order chi connectivity index (χ1) is 9.69. The smallest absolute Gasteiger partial charge is 0.0701 e. The molecular weight excluding hydrogens is 270 g/mol. The van der Waals surface area contributed by atoms with Crippen molar-refractivity contribution in [1.29, 1.82) is 0 Å². The highest BCUT2D eigenvalue weighted by Gasteiger charge is 2.41. The molecule has 0 aromatic rings. The Balaban J connectivity index is 1.96. The predicted molar refractivity (Wildman–Crippen MR) is 86.5 cm³/mol. The van der Waals surface area contributed by atoms with Gasteiger partial charge in [-0.25, -0.2) is 0 Å². The molecule has 2 rings (SSSR count). The van der Waals surface area contributed by atoms with Gasteiger partial charge in [0.05, 0.1) is 11.7 Å². The van der Waals surface area contributed by atoms with E-state index >= 15 is 0 Å². The molecule has 2 aliphatic heterocycles. The van der Waals surface area contributed by atoms with Crippen molar-refractivity contribution in [3.63, 3.8) is 0 Å². The van der Waals surface area contributed by atoms with Crippen LogP contribution in [-0.4, -0.2) is 49.5 Å². The first-order valence-corrected chi connectivity index (χ1v) is 9.32. The van der Waals surface area contributed by atoms with Crippen molar-refractivity contribution in [2.75, 3.05) is 31.8 Å². The summed E-state index contributed by atoms with van der Waals surface area (Å²) < 4.78 is 11.7. The first kappa shape index (κ1) is 16.6. The van der Waals surface area contributed by atoms with Gasteiger partial charge >= 0.3 is 0 Å². The van der Waals surface area contributed by atoms with Crippen LogP contribution in [0.1, 0.15) is 46.0 Å². The minimum absolute atomic E-state index is 0.193. The molecule has 1 spiro atoms. The molecule has 118 valence electrons. The van der Waals surface area contributed by atoms with Gasteiger partial charge in [-0.3, -0.25) is 0 Å². The lowest BCUT2D eigenvalue weighted by atomic mass is 9.77. The van der Waals surface area contributed by atoms with Crippen LogP contribution in [0.25, 0.3) is 0 Å². The summed E-state index contributed by atoms with van der Waals surface area (Å²) >= 11 is 2.08. The Labute approximate surface area is 128 Å². The summed E-state index contributed by atoms with van der Waals surface area (Å²) in [5.41, 5.74) is 0.193. The number of thioether (sulfide) groups is 1. The summed E-state index contributed by atoms with van der Waals surface area (Å²) in [5, 5.41) is 3.70. The monoisotopic (exact) mass is 301 g/mol. The van der Waals surface area contributed by atoms with E-state index in [1.54, 1.807) is 0 Å². The third-order valence-electron chi connectivity index (χ3n) is 4.96. The fourth-order valence-corrected chi connectivity index (χ4v) is 4.90. The maximum Gasteiger partial charge on any atom is 0.0701 e. The molecule has 3 atom stereocenters. The third-order valence-corrected chi connectivity index (χ3v) is 5.94. The second kappa shape index (κ2) is 8.02. The summed E-state index contributed by atoms with van der Waals surface area (Å²) in [6, 6.07) is 0.574. The zero-order valence-electron chi connectivity index (χ0n) is 13.3. The molecule has 0 aromatic carbocycles. The quantitative estimate of drug-likeness (QED) is 0.817. The maximum atomic E-state index is 6.22. The van der Waals surface area contributed by atoms with Gasteiger partial charge < -0.3 is 14.8 Å². The largest absolute Gasteiger partial charge is 0.382 e. The van der Waals surface area contributed by atoms with Crippen molar-refractivity contribution < 1.29 is 9.47 Å². The normalized spacial score (nSPS) is 29.2. The van der Waals surface area contributed by atoms with Crippen molar-refractivity contribution in [1.82, 2.24) is 5.32 Å². The molecule has 2 aliphatic rings.